The van der Waals surface area contributed by atoms with E-state index in [2.05, 4.69) is 14.9 Å². The van der Waals surface area contributed by atoms with Gasteiger partial charge in [-0.3, -0.25) is 4.79 Å². The average molecular weight is 315 g/mol. The number of carbonyl (C=O) groups excluding carboxylic acids is 1. The zero-order chi connectivity index (χ0) is 16.1. The largest absolute Gasteiger partial charge is 0.368 e. The van der Waals surface area contributed by atoms with Crippen molar-refractivity contribution in [3.8, 4) is 0 Å². The molecule has 0 unspecified atom stereocenters. The van der Waals surface area contributed by atoms with Gasteiger partial charge in [0.25, 0.3) is 0 Å². The zero-order valence-corrected chi connectivity index (χ0v) is 13.5. The van der Waals surface area contributed by atoms with Gasteiger partial charge in [-0.2, -0.15) is 0 Å². The lowest BCUT2D eigenvalue weighted by Crippen LogP contribution is -2.40. The topological polar surface area (TPSA) is 75.3 Å². The molecule has 0 spiro atoms. The van der Waals surface area contributed by atoms with E-state index in [1.54, 1.807) is 24.5 Å². The average Bonchev–Trinajstić information content (AvgIpc) is 3.08. The van der Waals surface area contributed by atoms with Crippen LogP contribution < -0.4 is 5.73 Å². The Morgan fingerprint density at radius 1 is 1.17 bits per heavy atom. The second-order valence-electron chi connectivity index (χ2n) is 6.48. The fraction of sp³-hybridized carbons (Fsp3) is 0.588. The molecule has 0 saturated carbocycles. The number of aromatic nitrogens is 2. The Bertz CT molecular complexity index is 543. The van der Waals surface area contributed by atoms with Gasteiger partial charge in [0.1, 0.15) is 0 Å². The monoisotopic (exact) mass is 315 g/mol. The van der Waals surface area contributed by atoms with Crippen molar-refractivity contribution in [1.29, 1.82) is 0 Å². The van der Waals surface area contributed by atoms with Gasteiger partial charge in [0.2, 0.25) is 11.9 Å². The van der Waals surface area contributed by atoms with Crippen LogP contribution in [0.2, 0.25) is 0 Å². The third-order valence-corrected chi connectivity index (χ3v) is 4.75. The minimum atomic E-state index is 0.0708. The van der Waals surface area contributed by atoms with Crippen LogP contribution in [0.3, 0.4) is 0 Å². The molecule has 2 fully saturated rings. The van der Waals surface area contributed by atoms with Crippen LogP contribution in [0.5, 0.6) is 0 Å². The summed E-state index contributed by atoms with van der Waals surface area (Å²) >= 11 is 0. The van der Waals surface area contributed by atoms with Gasteiger partial charge in [-0.05, 0) is 50.8 Å². The molecule has 2 aliphatic heterocycles. The van der Waals surface area contributed by atoms with Crippen LogP contribution in [0.1, 0.15) is 31.2 Å². The van der Waals surface area contributed by atoms with E-state index < -0.39 is 0 Å². The van der Waals surface area contributed by atoms with Crippen molar-refractivity contribution in [3.63, 3.8) is 0 Å². The van der Waals surface area contributed by atoms with Gasteiger partial charge in [0.15, 0.2) is 0 Å². The summed E-state index contributed by atoms with van der Waals surface area (Å²) in [5.74, 6) is 1.06. The fourth-order valence-corrected chi connectivity index (χ4v) is 3.37. The lowest BCUT2D eigenvalue weighted by atomic mass is 9.96. The Kier molecular flexibility index (Phi) is 5.23. The summed E-state index contributed by atoms with van der Waals surface area (Å²) < 4.78 is 0. The van der Waals surface area contributed by atoms with Crippen LogP contribution in [0.15, 0.2) is 18.5 Å². The highest BCUT2D eigenvalue weighted by molar-refractivity contribution is 5.91. The predicted octanol–water partition coefficient (Wildman–Crippen LogP) is 1.41. The molecule has 2 saturated heterocycles. The van der Waals surface area contributed by atoms with Crippen LogP contribution in [0, 0.1) is 5.92 Å². The molecule has 0 aromatic carbocycles. The molecule has 0 atom stereocenters. The molecule has 3 heterocycles. The molecule has 3 rings (SSSR count). The second kappa shape index (κ2) is 7.55. The number of hydrogen-bond donors (Lipinski definition) is 1. The maximum absolute atomic E-state index is 12.3. The van der Waals surface area contributed by atoms with E-state index >= 15 is 0 Å². The zero-order valence-electron chi connectivity index (χ0n) is 13.5. The Balaban J connectivity index is 1.45. The quantitative estimate of drug-likeness (QED) is 0.850. The number of piperidine rings is 1. The summed E-state index contributed by atoms with van der Waals surface area (Å²) in [6, 6.07) is 0. The molecule has 2 N–H and O–H groups in total. The minimum absolute atomic E-state index is 0.0708. The van der Waals surface area contributed by atoms with Crippen LogP contribution in [0.4, 0.5) is 5.95 Å². The first-order chi connectivity index (χ1) is 11.2. The SMILES string of the molecule is Nc1ncc(/C=C/C(=O)N2CCC(CN3CCCC3)CC2)cn1. The molecule has 1 amide bonds. The molecule has 1 aromatic heterocycles. The Morgan fingerprint density at radius 2 is 1.83 bits per heavy atom. The maximum Gasteiger partial charge on any atom is 0.246 e. The van der Waals surface area contributed by atoms with E-state index in [4.69, 9.17) is 5.73 Å². The third kappa shape index (κ3) is 4.51. The number of carbonyl (C=O) groups is 1. The van der Waals surface area contributed by atoms with Crippen molar-refractivity contribution < 1.29 is 4.79 Å². The number of amides is 1. The predicted molar refractivity (Wildman–Crippen MR) is 90.5 cm³/mol. The fourth-order valence-electron chi connectivity index (χ4n) is 3.37. The first kappa shape index (κ1) is 15.9. The molecule has 2 aliphatic rings. The number of rotatable bonds is 4. The van der Waals surface area contributed by atoms with Crippen LogP contribution in [-0.4, -0.2) is 58.4 Å². The molecule has 6 nitrogen and oxygen atoms in total. The highest BCUT2D eigenvalue weighted by atomic mass is 16.2. The van der Waals surface area contributed by atoms with E-state index in [-0.39, 0.29) is 11.9 Å². The van der Waals surface area contributed by atoms with Gasteiger partial charge in [0.05, 0.1) is 0 Å². The number of nitrogen functional groups attached to an aromatic ring is 1. The summed E-state index contributed by atoms with van der Waals surface area (Å²) in [5.41, 5.74) is 6.23. The van der Waals surface area contributed by atoms with Crippen molar-refractivity contribution in [3.05, 3.63) is 24.0 Å². The lowest BCUT2D eigenvalue weighted by Gasteiger charge is -2.33. The molecule has 6 heteroatoms. The van der Waals surface area contributed by atoms with Gasteiger partial charge in [-0.1, -0.05) is 0 Å². The van der Waals surface area contributed by atoms with Gasteiger partial charge in [-0.15, -0.1) is 0 Å². The molecule has 0 radical (unpaired) electrons. The van der Waals surface area contributed by atoms with E-state index in [0.717, 1.165) is 37.4 Å². The molecule has 0 bridgehead atoms. The minimum Gasteiger partial charge on any atom is -0.368 e. The lowest BCUT2D eigenvalue weighted by molar-refractivity contribution is -0.127. The molecular weight excluding hydrogens is 290 g/mol. The number of nitrogens with zero attached hydrogens (tertiary/aromatic N) is 4. The van der Waals surface area contributed by atoms with E-state index in [9.17, 15) is 4.79 Å². The van der Waals surface area contributed by atoms with Gasteiger partial charge >= 0.3 is 0 Å². The van der Waals surface area contributed by atoms with Gasteiger partial charge in [0, 0.05) is 43.7 Å². The molecule has 1 aromatic rings. The number of likely N-dealkylation sites (tertiary alicyclic amines) is 2. The first-order valence-electron chi connectivity index (χ1n) is 8.47. The summed E-state index contributed by atoms with van der Waals surface area (Å²) in [5, 5.41) is 0. The smallest absolute Gasteiger partial charge is 0.246 e. The second-order valence-corrected chi connectivity index (χ2v) is 6.48. The highest BCUT2D eigenvalue weighted by Gasteiger charge is 2.24. The van der Waals surface area contributed by atoms with E-state index in [1.807, 2.05) is 4.90 Å². The summed E-state index contributed by atoms with van der Waals surface area (Å²) in [6.07, 6.45) is 11.5. The normalized spacial score (nSPS) is 20.4. The molecule has 23 heavy (non-hydrogen) atoms. The number of nitrogens with two attached hydrogens (primary N) is 1. The van der Waals surface area contributed by atoms with Crippen LogP contribution in [0.25, 0.3) is 6.08 Å². The van der Waals surface area contributed by atoms with Crippen molar-refractivity contribution in [2.45, 2.75) is 25.7 Å². The Hall–Kier alpha value is -1.95. The summed E-state index contributed by atoms with van der Waals surface area (Å²) in [6.45, 7) is 5.44. The van der Waals surface area contributed by atoms with Crippen molar-refractivity contribution in [2.75, 3.05) is 38.5 Å². The number of anilines is 1. The molecule has 124 valence electrons. The van der Waals surface area contributed by atoms with Gasteiger partial charge < -0.3 is 15.5 Å². The Labute approximate surface area is 137 Å². The van der Waals surface area contributed by atoms with Crippen LogP contribution >= 0.6 is 0 Å². The van der Waals surface area contributed by atoms with Crippen molar-refractivity contribution in [2.24, 2.45) is 5.92 Å². The molecule has 0 aliphatic carbocycles. The highest BCUT2D eigenvalue weighted by Crippen LogP contribution is 2.21. The Morgan fingerprint density at radius 3 is 2.48 bits per heavy atom. The summed E-state index contributed by atoms with van der Waals surface area (Å²) in [4.78, 5) is 24.6. The van der Waals surface area contributed by atoms with Crippen LogP contribution in [-0.2, 0) is 4.79 Å². The number of hydrogen-bond acceptors (Lipinski definition) is 5. The maximum atomic E-state index is 12.3. The van der Waals surface area contributed by atoms with Crippen molar-refractivity contribution >= 4 is 17.9 Å². The van der Waals surface area contributed by atoms with E-state index in [0.29, 0.717) is 0 Å². The first-order valence-corrected chi connectivity index (χ1v) is 8.47. The van der Waals surface area contributed by atoms with Crippen molar-refractivity contribution in [1.82, 2.24) is 19.8 Å². The third-order valence-electron chi connectivity index (χ3n) is 4.75. The standard InChI is InChI=1S/C17H25N5O/c18-17-19-11-15(12-20-17)3-4-16(23)22-9-5-14(6-10-22)13-21-7-1-2-8-21/h3-4,11-12,14H,1-2,5-10,13H2,(H2,18,19,20)/b4-3+. The van der Waals surface area contributed by atoms with Gasteiger partial charge in [-0.25, -0.2) is 9.97 Å². The van der Waals surface area contributed by atoms with E-state index in [1.165, 1.54) is 32.5 Å². The summed E-state index contributed by atoms with van der Waals surface area (Å²) in [7, 11) is 0. The molecular formula is C17H25N5O.